The van der Waals surface area contributed by atoms with Crippen LogP contribution in [0.1, 0.15) is 18.4 Å². The van der Waals surface area contributed by atoms with Crippen LogP contribution in [0, 0.1) is 11.7 Å². The molecule has 0 amide bonds. The second kappa shape index (κ2) is 11.1. The molecule has 1 aliphatic rings. The molecule has 1 aromatic carbocycles. The number of nitrogens with zero attached hydrogens (tertiary/aromatic N) is 3. The van der Waals surface area contributed by atoms with Crippen LogP contribution in [-0.2, 0) is 16.6 Å². The highest BCUT2D eigenvalue weighted by molar-refractivity contribution is 14.0. The second-order valence-electron chi connectivity index (χ2n) is 6.86. The molecule has 7 nitrogen and oxygen atoms in total. The quantitative estimate of drug-likeness (QED) is 0.348. The van der Waals surface area contributed by atoms with Crippen molar-refractivity contribution >= 4 is 40.0 Å². The Morgan fingerprint density at radius 3 is 2.54 bits per heavy atom. The molecule has 0 bridgehead atoms. The minimum absolute atomic E-state index is 0. The number of guanidine groups is 1. The third-order valence-electron chi connectivity index (χ3n) is 4.80. The maximum Gasteiger partial charge on any atom is 0.211 e. The van der Waals surface area contributed by atoms with Gasteiger partial charge >= 0.3 is 0 Å². The Bertz CT molecular complexity index is 768. The second-order valence-corrected chi connectivity index (χ2v) is 8.84. The maximum atomic E-state index is 13.9. The molecule has 0 unspecified atom stereocenters. The van der Waals surface area contributed by atoms with Crippen molar-refractivity contribution < 1.29 is 17.5 Å². The molecule has 0 atom stereocenters. The van der Waals surface area contributed by atoms with E-state index in [1.165, 1.54) is 23.7 Å². The average Bonchev–Trinajstić information content (AvgIpc) is 2.62. The zero-order valence-corrected chi connectivity index (χ0v) is 20.0. The molecule has 28 heavy (non-hydrogen) atoms. The normalized spacial score (nSPS) is 16.4. The van der Waals surface area contributed by atoms with Crippen LogP contribution in [0.4, 0.5) is 4.39 Å². The highest BCUT2D eigenvalue weighted by atomic mass is 127. The fraction of sp³-hybridized carbons (Fsp3) is 0.611. The summed E-state index contributed by atoms with van der Waals surface area (Å²) < 4.78 is 43.5. The number of aliphatic imine (C=N–C) groups is 1. The van der Waals surface area contributed by atoms with Crippen molar-refractivity contribution in [2.75, 3.05) is 47.1 Å². The van der Waals surface area contributed by atoms with Crippen molar-refractivity contribution in [3.63, 3.8) is 0 Å². The lowest BCUT2D eigenvalue weighted by atomic mass is 9.98. The van der Waals surface area contributed by atoms with E-state index in [-0.39, 0.29) is 35.5 Å². The zero-order chi connectivity index (χ0) is 20.0. The van der Waals surface area contributed by atoms with Crippen molar-refractivity contribution in [1.29, 1.82) is 0 Å². The Balaban J connectivity index is 0.00000392. The molecule has 0 spiro atoms. The van der Waals surface area contributed by atoms with E-state index in [0.29, 0.717) is 25.6 Å². The fourth-order valence-electron chi connectivity index (χ4n) is 3.22. The number of methoxy groups -OCH3 is 1. The van der Waals surface area contributed by atoms with Gasteiger partial charge in [0.1, 0.15) is 0 Å². The average molecular weight is 528 g/mol. The third kappa shape index (κ3) is 7.03. The molecule has 0 aromatic heterocycles. The predicted molar refractivity (Wildman–Crippen MR) is 120 cm³/mol. The van der Waals surface area contributed by atoms with Gasteiger partial charge in [0, 0.05) is 40.3 Å². The Labute approximate surface area is 184 Å². The lowest BCUT2D eigenvalue weighted by Gasteiger charge is -2.31. The molecule has 1 N–H and O–H groups in total. The van der Waals surface area contributed by atoms with Gasteiger partial charge in [-0.25, -0.2) is 17.1 Å². The van der Waals surface area contributed by atoms with Crippen LogP contribution in [0.15, 0.2) is 23.2 Å². The summed E-state index contributed by atoms with van der Waals surface area (Å²) in [7, 11) is 1.94. The van der Waals surface area contributed by atoms with Gasteiger partial charge in [-0.15, -0.1) is 24.0 Å². The van der Waals surface area contributed by atoms with Crippen molar-refractivity contribution in [2.45, 2.75) is 19.4 Å². The first-order valence-corrected chi connectivity index (χ1v) is 10.8. The van der Waals surface area contributed by atoms with Crippen molar-refractivity contribution in [3.05, 3.63) is 29.6 Å². The standard InChI is InChI=1S/C18H29FN4O3S.HI/c1-20-18(21-12-14-7-9-23(10-8-14)27(4,24)25)22(2)13-15-5-6-17(26-3)16(19)11-15;/h5-6,11,14H,7-10,12-13H2,1-4H3,(H,20,21);1H. The van der Waals surface area contributed by atoms with Gasteiger partial charge in [-0.2, -0.15) is 0 Å². The third-order valence-corrected chi connectivity index (χ3v) is 6.10. The summed E-state index contributed by atoms with van der Waals surface area (Å²) in [6.07, 6.45) is 2.90. The van der Waals surface area contributed by atoms with Crippen molar-refractivity contribution in [1.82, 2.24) is 14.5 Å². The lowest BCUT2D eigenvalue weighted by Crippen LogP contribution is -2.44. The van der Waals surface area contributed by atoms with Gasteiger partial charge < -0.3 is 15.0 Å². The van der Waals surface area contributed by atoms with E-state index in [1.54, 1.807) is 13.1 Å². The summed E-state index contributed by atoms with van der Waals surface area (Å²) in [4.78, 5) is 6.21. The molecule has 1 fully saturated rings. The smallest absolute Gasteiger partial charge is 0.211 e. The summed E-state index contributed by atoms with van der Waals surface area (Å²) in [5, 5.41) is 3.34. The van der Waals surface area contributed by atoms with Crippen molar-refractivity contribution in [3.8, 4) is 5.75 Å². The van der Waals surface area contributed by atoms with Crippen LogP contribution >= 0.6 is 24.0 Å². The van der Waals surface area contributed by atoms with E-state index in [0.717, 1.165) is 30.9 Å². The molecular formula is C18H30FIN4O3S. The maximum absolute atomic E-state index is 13.9. The number of hydrogen-bond donors (Lipinski definition) is 1. The van der Waals surface area contributed by atoms with Gasteiger partial charge in [0.2, 0.25) is 10.0 Å². The summed E-state index contributed by atoms with van der Waals surface area (Å²) in [6.45, 7) is 2.36. The monoisotopic (exact) mass is 528 g/mol. The molecule has 1 heterocycles. The van der Waals surface area contributed by atoms with E-state index < -0.39 is 10.0 Å². The lowest BCUT2D eigenvalue weighted by molar-refractivity contribution is 0.273. The largest absolute Gasteiger partial charge is 0.494 e. The minimum Gasteiger partial charge on any atom is -0.494 e. The van der Waals surface area contributed by atoms with Gasteiger partial charge in [-0.3, -0.25) is 4.99 Å². The first kappa shape index (κ1) is 24.9. The summed E-state index contributed by atoms with van der Waals surface area (Å²) >= 11 is 0. The molecule has 1 saturated heterocycles. The van der Waals surface area contributed by atoms with Crippen LogP contribution < -0.4 is 10.1 Å². The van der Waals surface area contributed by atoms with Gasteiger partial charge in [-0.05, 0) is 36.5 Å². The van der Waals surface area contributed by atoms with Crippen LogP contribution in [0.2, 0.25) is 0 Å². The number of piperidine rings is 1. The number of hydrogen-bond acceptors (Lipinski definition) is 4. The fourth-order valence-corrected chi connectivity index (χ4v) is 4.10. The SMILES string of the molecule is CN=C(NCC1CCN(S(C)(=O)=O)CC1)N(C)Cc1ccc(OC)c(F)c1.I. The number of rotatable bonds is 6. The highest BCUT2D eigenvalue weighted by Gasteiger charge is 2.25. The molecule has 0 radical (unpaired) electrons. The van der Waals surface area contributed by atoms with Gasteiger partial charge in [0.15, 0.2) is 17.5 Å². The van der Waals surface area contributed by atoms with E-state index in [1.807, 2.05) is 18.0 Å². The summed E-state index contributed by atoms with van der Waals surface area (Å²) in [5.74, 6) is 0.955. The molecule has 1 aromatic rings. The molecule has 160 valence electrons. The Morgan fingerprint density at radius 2 is 2.04 bits per heavy atom. The predicted octanol–water partition coefficient (Wildman–Crippen LogP) is 2.13. The zero-order valence-electron chi connectivity index (χ0n) is 16.8. The van der Waals surface area contributed by atoms with Crippen molar-refractivity contribution in [2.24, 2.45) is 10.9 Å². The Hall–Kier alpha value is -1.14. The molecule has 1 aliphatic heterocycles. The van der Waals surface area contributed by atoms with E-state index in [9.17, 15) is 12.8 Å². The topological polar surface area (TPSA) is 74.2 Å². The first-order valence-electron chi connectivity index (χ1n) is 8.94. The number of sulfonamides is 1. The first-order chi connectivity index (χ1) is 12.7. The summed E-state index contributed by atoms with van der Waals surface area (Å²) in [5.41, 5.74) is 0.820. The molecule has 2 rings (SSSR count). The number of ether oxygens (including phenoxy) is 1. The number of halogens is 2. The van der Waals surface area contributed by atoms with E-state index in [4.69, 9.17) is 4.74 Å². The molecule has 0 aliphatic carbocycles. The highest BCUT2D eigenvalue weighted by Crippen LogP contribution is 2.19. The van der Waals surface area contributed by atoms with Gasteiger partial charge in [-0.1, -0.05) is 6.07 Å². The van der Waals surface area contributed by atoms with E-state index in [2.05, 4.69) is 10.3 Å². The Kier molecular flexibility index (Phi) is 9.91. The van der Waals surface area contributed by atoms with Crippen LogP contribution in [0.5, 0.6) is 5.75 Å². The van der Waals surface area contributed by atoms with Crippen LogP contribution in [0.3, 0.4) is 0 Å². The molecular weight excluding hydrogens is 498 g/mol. The molecule has 10 heteroatoms. The van der Waals surface area contributed by atoms with Crippen LogP contribution in [0.25, 0.3) is 0 Å². The molecule has 0 saturated carbocycles. The minimum atomic E-state index is -3.10. The van der Waals surface area contributed by atoms with Crippen LogP contribution in [-0.4, -0.2) is 70.7 Å². The van der Waals surface area contributed by atoms with E-state index >= 15 is 0 Å². The summed E-state index contributed by atoms with van der Waals surface area (Å²) in [6, 6.07) is 4.90. The number of benzene rings is 1. The number of nitrogens with one attached hydrogen (secondary N) is 1. The Morgan fingerprint density at radius 1 is 1.39 bits per heavy atom. The van der Waals surface area contributed by atoms with Gasteiger partial charge in [0.05, 0.1) is 13.4 Å². The van der Waals surface area contributed by atoms with Gasteiger partial charge in [0.25, 0.3) is 0 Å².